The molecule has 1 rings (SSSR count). The fraction of sp³-hybridized carbons (Fsp3) is 0.600. The van der Waals surface area contributed by atoms with Gasteiger partial charge in [-0.1, -0.05) is 44.9 Å². The van der Waals surface area contributed by atoms with E-state index in [2.05, 4.69) is 19.9 Å². The summed E-state index contributed by atoms with van der Waals surface area (Å²) in [5, 5.41) is 0. The fourth-order valence-corrected chi connectivity index (χ4v) is 2.29. The molecule has 2 N–H and O–H groups in total. The summed E-state index contributed by atoms with van der Waals surface area (Å²) in [5.41, 5.74) is 7.44. The van der Waals surface area contributed by atoms with Gasteiger partial charge < -0.3 is 10.5 Å². The SMILES string of the molecule is CCC(CC)CC(N)Cc1ccccc1OC. The van der Waals surface area contributed by atoms with Crippen LogP contribution in [0.5, 0.6) is 5.75 Å². The van der Waals surface area contributed by atoms with E-state index < -0.39 is 0 Å². The Bertz CT molecular complexity index is 320. The van der Waals surface area contributed by atoms with E-state index in [9.17, 15) is 0 Å². The molecule has 1 aromatic rings. The van der Waals surface area contributed by atoms with E-state index in [0.29, 0.717) is 0 Å². The van der Waals surface area contributed by atoms with E-state index in [4.69, 9.17) is 10.5 Å². The van der Waals surface area contributed by atoms with Gasteiger partial charge in [-0.25, -0.2) is 0 Å². The monoisotopic (exact) mass is 235 g/mol. The van der Waals surface area contributed by atoms with E-state index in [0.717, 1.165) is 24.5 Å². The van der Waals surface area contributed by atoms with Crippen molar-refractivity contribution in [1.82, 2.24) is 0 Å². The van der Waals surface area contributed by atoms with Crippen LogP contribution in [0.15, 0.2) is 24.3 Å². The average Bonchev–Trinajstić information content (AvgIpc) is 2.36. The number of hydrogen-bond donors (Lipinski definition) is 1. The van der Waals surface area contributed by atoms with Gasteiger partial charge in [0.05, 0.1) is 7.11 Å². The lowest BCUT2D eigenvalue weighted by Gasteiger charge is -2.19. The first-order valence-electron chi connectivity index (χ1n) is 6.58. The van der Waals surface area contributed by atoms with Crippen molar-refractivity contribution in [1.29, 1.82) is 0 Å². The highest BCUT2D eigenvalue weighted by Gasteiger charge is 2.12. The van der Waals surface area contributed by atoms with Crippen LogP contribution in [0.25, 0.3) is 0 Å². The molecule has 2 nitrogen and oxygen atoms in total. The fourth-order valence-electron chi connectivity index (χ4n) is 2.29. The largest absolute Gasteiger partial charge is 0.496 e. The molecule has 1 aromatic carbocycles. The minimum atomic E-state index is 0.233. The van der Waals surface area contributed by atoms with Gasteiger partial charge >= 0.3 is 0 Å². The number of methoxy groups -OCH3 is 1. The maximum Gasteiger partial charge on any atom is 0.122 e. The van der Waals surface area contributed by atoms with E-state index in [1.807, 2.05) is 18.2 Å². The molecule has 0 aliphatic rings. The zero-order chi connectivity index (χ0) is 12.7. The number of nitrogens with two attached hydrogens (primary N) is 1. The molecule has 0 saturated carbocycles. The Labute approximate surface area is 105 Å². The first-order chi connectivity index (χ1) is 8.21. The summed E-state index contributed by atoms with van der Waals surface area (Å²) in [6.45, 7) is 4.48. The normalized spacial score (nSPS) is 12.8. The van der Waals surface area contributed by atoms with Gasteiger partial charge in [-0.05, 0) is 30.4 Å². The van der Waals surface area contributed by atoms with Crippen molar-refractivity contribution in [2.45, 2.75) is 45.6 Å². The maximum absolute atomic E-state index is 6.23. The Balaban J connectivity index is 2.58. The van der Waals surface area contributed by atoms with Gasteiger partial charge in [0.15, 0.2) is 0 Å². The van der Waals surface area contributed by atoms with Crippen LogP contribution in [0.3, 0.4) is 0 Å². The predicted molar refractivity (Wildman–Crippen MR) is 73.4 cm³/mol. The summed E-state index contributed by atoms with van der Waals surface area (Å²) >= 11 is 0. The third-order valence-corrected chi connectivity index (χ3v) is 3.47. The lowest BCUT2D eigenvalue weighted by atomic mass is 9.92. The molecule has 0 amide bonds. The molecular formula is C15H25NO. The van der Waals surface area contributed by atoms with E-state index in [1.54, 1.807) is 7.11 Å². The van der Waals surface area contributed by atoms with Gasteiger partial charge in [-0.15, -0.1) is 0 Å². The van der Waals surface area contributed by atoms with Gasteiger partial charge in [-0.2, -0.15) is 0 Å². The second-order valence-electron chi connectivity index (χ2n) is 4.69. The number of hydrogen-bond acceptors (Lipinski definition) is 2. The zero-order valence-electron chi connectivity index (χ0n) is 11.3. The van der Waals surface area contributed by atoms with Crippen molar-refractivity contribution in [3.05, 3.63) is 29.8 Å². The third-order valence-electron chi connectivity index (χ3n) is 3.47. The van der Waals surface area contributed by atoms with Crippen molar-refractivity contribution in [2.24, 2.45) is 11.7 Å². The molecule has 1 unspecified atom stereocenters. The summed E-state index contributed by atoms with van der Waals surface area (Å²) in [6, 6.07) is 8.37. The molecule has 0 fully saturated rings. The van der Waals surface area contributed by atoms with Crippen molar-refractivity contribution in [3.8, 4) is 5.75 Å². The van der Waals surface area contributed by atoms with Crippen LogP contribution < -0.4 is 10.5 Å². The summed E-state index contributed by atoms with van der Waals surface area (Å²) in [4.78, 5) is 0. The number of ether oxygens (including phenoxy) is 1. The summed E-state index contributed by atoms with van der Waals surface area (Å²) in [6.07, 6.45) is 4.44. The second kappa shape index (κ2) is 7.33. The highest BCUT2D eigenvalue weighted by molar-refractivity contribution is 5.33. The summed E-state index contributed by atoms with van der Waals surface area (Å²) in [5.74, 6) is 1.70. The molecule has 0 aromatic heterocycles. The van der Waals surface area contributed by atoms with Gasteiger partial charge in [0.1, 0.15) is 5.75 Å². The Morgan fingerprint density at radius 3 is 2.41 bits per heavy atom. The summed E-state index contributed by atoms with van der Waals surface area (Å²) < 4.78 is 5.35. The average molecular weight is 235 g/mol. The minimum absolute atomic E-state index is 0.233. The Morgan fingerprint density at radius 1 is 1.18 bits per heavy atom. The Kier molecular flexibility index (Phi) is 6.06. The van der Waals surface area contributed by atoms with Crippen LogP contribution in [0.1, 0.15) is 38.7 Å². The molecule has 0 saturated heterocycles. The first-order valence-corrected chi connectivity index (χ1v) is 6.58. The quantitative estimate of drug-likeness (QED) is 0.786. The second-order valence-corrected chi connectivity index (χ2v) is 4.69. The maximum atomic E-state index is 6.23. The number of benzene rings is 1. The molecular weight excluding hydrogens is 210 g/mol. The van der Waals surface area contributed by atoms with Gasteiger partial charge in [0, 0.05) is 6.04 Å². The number of para-hydroxylation sites is 1. The van der Waals surface area contributed by atoms with Crippen LogP contribution in [-0.2, 0) is 6.42 Å². The van der Waals surface area contributed by atoms with E-state index in [-0.39, 0.29) is 6.04 Å². The van der Waals surface area contributed by atoms with Crippen LogP contribution in [0.4, 0.5) is 0 Å². The molecule has 0 aliphatic carbocycles. The molecule has 2 heteroatoms. The smallest absolute Gasteiger partial charge is 0.122 e. The van der Waals surface area contributed by atoms with Gasteiger partial charge in [0.2, 0.25) is 0 Å². The topological polar surface area (TPSA) is 35.2 Å². The van der Waals surface area contributed by atoms with Gasteiger partial charge in [-0.3, -0.25) is 0 Å². The standard InChI is InChI=1S/C15H25NO/c1-4-12(5-2)10-14(16)11-13-8-6-7-9-15(13)17-3/h6-9,12,14H,4-5,10-11,16H2,1-3H3. The van der Waals surface area contributed by atoms with Crippen LogP contribution in [0, 0.1) is 5.92 Å². The van der Waals surface area contributed by atoms with Crippen LogP contribution in [-0.4, -0.2) is 13.2 Å². The molecule has 0 bridgehead atoms. The highest BCUT2D eigenvalue weighted by atomic mass is 16.5. The van der Waals surface area contributed by atoms with Crippen molar-refractivity contribution < 1.29 is 4.74 Å². The van der Waals surface area contributed by atoms with E-state index in [1.165, 1.54) is 18.4 Å². The highest BCUT2D eigenvalue weighted by Crippen LogP contribution is 2.21. The minimum Gasteiger partial charge on any atom is -0.496 e. The summed E-state index contributed by atoms with van der Waals surface area (Å²) in [7, 11) is 1.71. The molecule has 0 heterocycles. The zero-order valence-corrected chi connectivity index (χ0v) is 11.3. The Hall–Kier alpha value is -1.02. The molecule has 0 aliphatic heterocycles. The molecule has 1 atom stereocenters. The molecule has 0 radical (unpaired) electrons. The third kappa shape index (κ3) is 4.39. The van der Waals surface area contributed by atoms with Crippen molar-refractivity contribution in [2.75, 3.05) is 7.11 Å². The predicted octanol–water partition coefficient (Wildman–Crippen LogP) is 3.39. The Morgan fingerprint density at radius 2 is 1.82 bits per heavy atom. The van der Waals surface area contributed by atoms with Crippen molar-refractivity contribution in [3.63, 3.8) is 0 Å². The molecule has 0 spiro atoms. The molecule has 17 heavy (non-hydrogen) atoms. The van der Waals surface area contributed by atoms with Crippen LogP contribution in [0.2, 0.25) is 0 Å². The van der Waals surface area contributed by atoms with Gasteiger partial charge in [0.25, 0.3) is 0 Å². The molecule has 96 valence electrons. The van der Waals surface area contributed by atoms with Crippen molar-refractivity contribution >= 4 is 0 Å². The lowest BCUT2D eigenvalue weighted by molar-refractivity contribution is 0.391. The lowest BCUT2D eigenvalue weighted by Crippen LogP contribution is -2.26. The van der Waals surface area contributed by atoms with Crippen LogP contribution >= 0.6 is 0 Å². The van der Waals surface area contributed by atoms with E-state index >= 15 is 0 Å². The number of rotatable bonds is 7. The first kappa shape index (κ1) is 14.0.